The molecule has 0 spiro atoms. The summed E-state index contributed by atoms with van der Waals surface area (Å²) in [5.41, 5.74) is 2.02. The first kappa shape index (κ1) is 16.2. The van der Waals surface area contributed by atoms with Crippen LogP contribution in [0, 0.1) is 0 Å². The maximum atomic E-state index is 12.1. The van der Waals surface area contributed by atoms with Crippen LogP contribution >= 0.6 is 0 Å². The van der Waals surface area contributed by atoms with Gasteiger partial charge in [0, 0.05) is 24.0 Å². The van der Waals surface area contributed by atoms with Crippen molar-refractivity contribution in [2.45, 2.75) is 18.8 Å². The molecular formula is C16H16BN3O4. The molecule has 1 atom stereocenters. The molecule has 24 heavy (non-hydrogen) atoms. The topological polar surface area (TPSA) is 108 Å². The van der Waals surface area contributed by atoms with Crippen molar-refractivity contribution >= 4 is 24.0 Å². The molecule has 0 radical (unpaired) electrons. The second kappa shape index (κ2) is 7.24. The summed E-state index contributed by atoms with van der Waals surface area (Å²) in [5, 5.41) is 22.7. The van der Waals surface area contributed by atoms with Gasteiger partial charge >= 0.3 is 7.12 Å². The van der Waals surface area contributed by atoms with E-state index >= 15 is 0 Å². The number of amides is 1. The van der Waals surface area contributed by atoms with Gasteiger partial charge in [0.2, 0.25) is 5.91 Å². The minimum absolute atomic E-state index is 0.0171. The molecule has 0 saturated carbocycles. The van der Waals surface area contributed by atoms with Crippen molar-refractivity contribution in [2.75, 3.05) is 0 Å². The monoisotopic (exact) mass is 325 g/mol. The highest BCUT2D eigenvalue weighted by atomic mass is 16.4. The zero-order chi connectivity index (χ0) is 16.9. The Kier molecular flexibility index (Phi) is 4.88. The number of aromatic nitrogens is 2. The molecule has 0 aliphatic carbocycles. The average Bonchev–Trinajstić information content (AvgIpc) is 2.98. The summed E-state index contributed by atoms with van der Waals surface area (Å²) in [7, 11) is -1.69. The van der Waals surface area contributed by atoms with Gasteiger partial charge in [-0.3, -0.25) is 14.8 Å². The first-order valence-corrected chi connectivity index (χ1v) is 7.49. The van der Waals surface area contributed by atoms with E-state index in [4.69, 9.17) is 4.42 Å². The van der Waals surface area contributed by atoms with Gasteiger partial charge in [0.1, 0.15) is 5.58 Å². The molecule has 1 amide bonds. The number of nitrogens with one attached hydrogen (secondary N) is 1. The third-order valence-electron chi connectivity index (χ3n) is 3.67. The predicted molar refractivity (Wildman–Crippen MR) is 87.8 cm³/mol. The van der Waals surface area contributed by atoms with E-state index in [1.54, 1.807) is 6.26 Å². The van der Waals surface area contributed by atoms with Crippen LogP contribution in [0.4, 0.5) is 0 Å². The highest BCUT2D eigenvalue weighted by Gasteiger charge is 2.27. The third kappa shape index (κ3) is 3.79. The van der Waals surface area contributed by atoms with E-state index in [1.807, 2.05) is 24.3 Å². The first-order valence-electron chi connectivity index (χ1n) is 7.49. The minimum atomic E-state index is -1.69. The fourth-order valence-corrected chi connectivity index (χ4v) is 2.50. The number of carbonyl (C=O) groups excluding carboxylic acids is 1. The molecule has 0 aliphatic heterocycles. The number of rotatable bonds is 6. The number of benzene rings is 1. The average molecular weight is 325 g/mol. The van der Waals surface area contributed by atoms with Gasteiger partial charge in [-0.05, 0) is 18.1 Å². The highest BCUT2D eigenvalue weighted by molar-refractivity contribution is 6.43. The quantitative estimate of drug-likeness (QED) is 0.570. The van der Waals surface area contributed by atoms with Gasteiger partial charge in [0.05, 0.1) is 24.3 Å². The van der Waals surface area contributed by atoms with E-state index in [2.05, 4.69) is 15.3 Å². The van der Waals surface area contributed by atoms with E-state index < -0.39 is 13.1 Å². The summed E-state index contributed by atoms with van der Waals surface area (Å²) in [4.78, 5) is 20.0. The van der Waals surface area contributed by atoms with Crippen LogP contribution in [-0.2, 0) is 17.6 Å². The maximum absolute atomic E-state index is 12.1. The number of fused-ring (bicyclic) bond motifs is 1. The Morgan fingerprint density at radius 1 is 1.29 bits per heavy atom. The SMILES string of the molecule is O=C(Cc1cnccn1)NC(Cc1coc2ccccc12)B(O)O. The molecule has 0 bridgehead atoms. The molecule has 0 saturated heterocycles. The molecule has 122 valence electrons. The van der Waals surface area contributed by atoms with Gasteiger partial charge in [0.25, 0.3) is 0 Å². The van der Waals surface area contributed by atoms with E-state index in [0.29, 0.717) is 11.3 Å². The van der Waals surface area contributed by atoms with E-state index in [-0.39, 0.29) is 18.7 Å². The maximum Gasteiger partial charge on any atom is 0.475 e. The second-order valence-corrected chi connectivity index (χ2v) is 5.42. The highest BCUT2D eigenvalue weighted by Crippen LogP contribution is 2.22. The molecule has 1 aromatic carbocycles. The van der Waals surface area contributed by atoms with Crippen molar-refractivity contribution < 1.29 is 19.3 Å². The smallest absolute Gasteiger partial charge is 0.464 e. The lowest BCUT2D eigenvalue weighted by Crippen LogP contribution is -2.48. The summed E-state index contributed by atoms with van der Waals surface area (Å²) in [6.45, 7) is 0. The van der Waals surface area contributed by atoms with Gasteiger partial charge in [-0.25, -0.2) is 0 Å². The van der Waals surface area contributed by atoms with Crippen LogP contribution in [0.3, 0.4) is 0 Å². The number of carbonyl (C=O) groups is 1. The number of hydrogen-bond acceptors (Lipinski definition) is 6. The molecule has 8 heteroatoms. The molecule has 1 unspecified atom stereocenters. The zero-order valence-electron chi connectivity index (χ0n) is 12.8. The number of nitrogens with zero attached hydrogens (tertiary/aromatic N) is 2. The third-order valence-corrected chi connectivity index (χ3v) is 3.67. The molecule has 2 heterocycles. The Morgan fingerprint density at radius 3 is 2.88 bits per heavy atom. The summed E-state index contributed by atoms with van der Waals surface area (Å²) in [5.74, 6) is -1.21. The zero-order valence-corrected chi connectivity index (χ0v) is 12.8. The van der Waals surface area contributed by atoms with Gasteiger partial charge in [0.15, 0.2) is 0 Å². The number of para-hydroxylation sites is 1. The minimum Gasteiger partial charge on any atom is -0.464 e. The molecule has 3 N–H and O–H groups in total. The van der Waals surface area contributed by atoms with E-state index in [9.17, 15) is 14.8 Å². The lowest BCUT2D eigenvalue weighted by Gasteiger charge is -2.17. The fourth-order valence-electron chi connectivity index (χ4n) is 2.50. The van der Waals surface area contributed by atoms with Crippen LogP contribution in [0.2, 0.25) is 0 Å². The van der Waals surface area contributed by atoms with E-state index in [1.165, 1.54) is 18.6 Å². The Labute approximate surface area is 138 Å². The lowest BCUT2D eigenvalue weighted by molar-refractivity contribution is -0.120. The lowest BCUT2D eigenvalue weighted by atomic mass is 9.76. The van der Waals surface area contributed by atoms with Crippen LogP contribution in [0.15, 0.2) is 53.5 Å². The molecule has 3 aromatic rings. The molecular weight excluding hydrogens is 309 g/mol. The number of hydrogen-bond donors (Lipinski definition) is 3. The van der Waals surface area contributed by atoms with Crippen LogP contribution in [0.5, 0.6) is 0 Å². The molecule has 3 rings (SSSR count). The summed E-state index contributed by atoms with van der Waals surface area (Å²) in [6.07, 6.45) is 6.33. The summed E-state index contributed by atoms with van der Waals surface area (Å²) in [6, 6.07) is 7.45. The van der Waals surface area contributed by atoms with Crippen molar-refractivity contribution in [3.63, 3.8) is 0 Å². The normalized spacial score (nSPS) is 12.1. The van der Waals surface area contributed by atoms with Crippen molar-refractivity contribution in [1.29, 1.82) is 0 Å². The van der Waals surface area contributed by atoms with Crippen LogP contribution in [-0.4, -0.2) is 39.0 Å². The number of furan rings is 1. The second-order valence-electron chi connectivity index (χ2n) is 5.42. The Hall–Kier alpha value is -2.71. The Balaban J connectivity index is 1.70. The molecule has 0 aliphatic rings. The van der Waals surface area contributed by atoms with Gasteiger partial charge in [-0.2, -0.15) is 0 Å². The Morgan fingerprint density at radius 2 is 2.12 bits per heavy atom. The predicted octanol–water partition coefficient (Wildman–Crippen LogP) is 0.505. The van der Waals surface area contributed by atoms with E-state index in [0.717, 1.165) is 10.9 Å². The van der Waals surface area contributed by atoms with Crippen LogP contribution in [0.1, 0.15) is 11.3 Å². The Bertz CT molecular complexity index is 822. The van der Waals surface area contributed by atoms with Crippen molar-refractivity contribution in [3.8, 4) is 0 Å². The summed E-state index contributed by atoms with van der Waals surface area (Å²) < 4.78 is 5.44. The summed E-state index contributed by atoms with van der Waals surface area (Å²) >= 11 is 0. The molecule has 7 nitrogen and oxygen atoms in total. The van der Waals surface area contributed by atoms with Gasteiger partial charge in [-0.1, -0.05) is 18.2 Å². The standard InChI is InChI=1S/C16H16BN3O4/c21-16(8-12-9-18-5-6-19-12)20-15(17(22)23)7-11-10-24-14-4-2-1-3-13(11)14/h1-6,9-10,15,22-23H,7-8H2,(H,20,21). The van der Waals surface area contributed by atoms with Crippen LogP contribution < -0.4 is 5.32 Å². The van der Waals surface area contributed by atoms with Crippen LogP contribution in [0.25, 0.3) is 11.0 Å². The molecule has 0 fully saturated rings. The van der Waals surface area contributed by atoms with Gasteiger partial charge < -0.3 is 19.8 Å². The van der Waals surface area contributed by atoms with Gasteiger partial charge in [-0.15, -0.1) is 0 Å². The van der Waals surface area contributed by atoms with Crippen molar-refractivity contribution in [3.05, 3.63) is 60.4 Å². The fraction of sp³-hybridized carbons (Fsp3) is 0.188. The largest absolute Gasteiger partial charge is 0.475 e. The molecule has 2 aromatic heterocycles. The van der Waals surface area contributed by atoms with Crippen molar-refractivity contribution in [2.24, 2.45) is 0 Å². The van der Waals surface area contributed by atoms with Crippen molar-refractivity contribution in [1.82, 2.24) is 15.3 Å². The first-order chi connectivity index (χ1) is 11.6.